The number of benzene rings is 2. The Kier molecular flexibility index (Phi) is 5.76. The van der Waals surface area contributed by atoms with Crippen LogP contribution in [0.3, 0.4) is 0 Å². The van der Waals surface area contributed by atoms with Crippen LogP contribution in [0.15, 0.2) is 48.5 Å². The van der Waals surface area contributed by atoms with Gasteiger partial charge in [0.15, 0.2) is 0 Å². The second-order valence-corrected chi connectivity index (χ2v) is 9.68. The number of nitrogens with one attached hydrogen (secondary N) is 1. The number of anilines is 1. The number of rotatable bonds is 5. The highest BCUT2D eigenvalue weighted by molar-refractivity contribution is 7.93. The van der Waals surface area contributed by atoms with Gasteiger partial charge in [-0.3, -0.25) is 13.9 Å². The van der Waals surface area contributed by atoms with Crippen molar-refractivity contribution in [2.75, 3.05) is 29.7 Å². The van der Waals surface area contributed by atoms with Crippen molar-refractivity contribution in [1.82, 2.24) is 10.2 Å². The lowest BCUT2D eigenvalue weighted by molar-refractivity contribution is 0.0792. The Balaban J connectivity index is 1.38. The molecule has 0 radical (unpaired) electrons. The standard InChI is InChI=1S/C22H25N3O4S/c26-21(18-7-9-20(10-8-18)25-13-4-14-30(25,28)29)23-16-17-5-3-6-19(15-17)22(27)24-11-1-2-12-24/h3,5-10,15H,1-2,4,11-14,16H2,(H,23,26). The molecule has 30 heavy (non-hydrogen) atoms. The molecule has 1 N–H and O–H groups in total. The molecule has 158 valence electrons. The fraction of sp³-hybridized carbons (Fsp3) is 0.364. The minimum atomic E-state index is -3.24. The van der Waals surface area contributed by atoms with E-state index in [1.165, 1.54) is 4.31 Å². The van der Waals surface area contributed by atoms with Crippen molar-refractivity contribution in [1.29, 1.82) is 0 Å². The summed E-state index contributed by atoms with van der Waals surface area (Å²) in [6, 6.07) is 13.9. The second kappa shape index (κ2) is 8.47. The fourth-order valence-corrected chi connectivity index (χ4v) is 5.47. The summed E-state index contributed by atoms with van der Waals surface area (Å²) in [6.45, 7) is 2.38. The van der Waals surface area contributed by atoms with E-state index in [2.05, 4.69) is 5.32 Å². The molecule has 4 rings (SSSR count). The first-order chi connectivity index (χ1) is 14.4. The van der Waals surface area contributed by atoms with Crippen LogP contribution >= 0.6 is 0 Å². The lowest BCUT2D eigenvalue weighted by Crippen LogP contribution is -2.28. The Morgan fingerprint density at radius 2 is 1.63 bits per heavy atom. The zero-order valence-corrected chi connectivity index (χ0v) is 17.5. The van der Waals surface area contributed by atoms with Crippen molar-refractivity contribution in [3.8, 4) is 0 Å². The van der Waals surface area contributed by atoms with Gasteiger partial charge in [0.1, 0.15) is 0 Å². The van der Waals surface area contributed by atoms with Gasteiger partial charge in [-0.1, -0.05) is 12.1 Å². The van der Waals surface area contributed by atoms with Gasteiger partial charge < -0.3 is 10.2 Å². The van der Waals surface area contributed by atoms with Gasteiger partial charge in [0.2, 0.25) is 10.0 Å². The molecule has 2 amide bonds. The minimum Gasteiger partial charge on any atom is -0.348 e. The van der Waals surface area contributed by atoms with Gasteiger partial charge in [0, 0.05) is 37.3 Å². The fourth-order valence-electron chi connectivity index (χ4n) is 3.91. The van der Waals surface area contributed by atoms with Crippen LogP contribution in [0.1, 0.15) is 45.5 Å². The number of hydrogen-bond acceptors (Lipinski definition) is 4. The quantitative estimate of drug-likeness (QED) is 0.794. The molecule has 2 aromatic rings. The van der Waals surface area contributed by atoms with Crippen LogP contribution in [0, 0.1) is 0 Å². The first kappa shape index (κ1) is 20.4. The SMILES string of the molecule is O=C(NCc1cccc(C(=O)N2CCCC2)c1)c1ccc(N2CCCS2(=O)=O)cc1. The lowest BCUT2D eigenvalue weighted by Gasteiger charge is -2.17. The molecule has 0 bridgehead atoms. The highest BCUT2D eigenvalue weighted by Gasteiger charge is 2.28. The van der Waals surface area contributed by atoms with Gasteiger partial charge in [0.25, 0.3) is 11.8 Å². The maximum atomic E-state index is 12.5. The van der Waals surface area contributed by atoms with E-state index in [-0.39, 0.29) is 17.6 Å². The summed E-state index contributed by atoms with van der Waals surface area (Å²) in [5.74, 6) is -0.0515. The number of sulfonamides is 1. The molecule has 0 unspecified atom stereocenters. The zero-order valence-electron chi connectivity index (χ0n) is 16.7. The predicted molar refractivity (Wildman–Crippen MR) is 115 cm³/mol. The van der Waals surface area contributed by atoms with E-state index in [9.17, 15) is 18.0 Å². The van der Waals surface area contributed by atoms with Gasteiger partial charge in [-0.2, -0.15) is 0 Å². The molecule has 2 fully saturated rings. The molecule has 0 aromatic heterocycles. The number of amides is 2. The summed E-state index contributed by atoms with van der Waals surface area (Å²) in [6.07, 6.45) is 2.71. The van der Waals surface area contributed by atoms with Crippen molar-refractivity contribution in [2.45, 2.75) is 25.8 Å². The predicted octanol–water partition coefficient (Wildman–Crippen LogP) is 2.39. The second-order valence-electron chi connectivity index (χ2n) is 7.67. The topological polar surface area (TPSA) is 86.8 Å². The Morgan fingerprint density at radius 1 is 0.900 bits per heavy atom. The summed E-state index contributed by atoms with van der Waals surface area (Å²) in [7, 11) is -3.24. The Morgan fingerprint density at radius 3 is 2.30 bits per heavy atom. The van der Waals surface area contributed by atoms with Crippen LogP contribution in [0.4, 0.5) is 5.69 Å². The van der Waals surface area contributed by atoms with E-state index in [0.717, 1.165) is 31.5 Å². The van der Waals surface area contributed by atoms with Crippen LogP contribution in [0.2, 0.25) is 0 Å². The molecule has 2 saturated heterocycles. The van der Waals surface area contributed by atoms with Crippen LogP contribution in [-0.4, -0.2) is 50.5 Å². The molecular weight excluding hydrogens is 402 g/mol. The maximum absolute atomic E-state index is 12.5. The zero-order chi connectivity index (χ0) is 21.1. The van der Waals surface area contributed by atoms with Gasteiger partial charge in [-0.15, -0.1) is 0 Å². The highest BCUT2D eigenvalue weighted by Crippen LogP contribution is 2.24. The largest absolute Gasteiger partial charge is 0.348 e. The van der Waals surface area contributed by atoms with Crippen molar-refractivity contribution >= 4 is 27.5 Å². The third-order valence-corrected chi connectivity index (χ3v) is 7.41. The summed E-state index contributed by atoms with van der Waals surface area (Å²) in [4.78, 5) is 26.9. The number of hydrogen-bond donors (Lipinski definition) is 1. The summed E-state index contributed by atoms with van der Waals surface area (Å²) >= 11 is 0. The van der Waals surface area contributed by atoms with Crippen molar-refractivity contribution in [3.05, 3.63) is 65.2 Å². The normalized spacial score (nSPS) is 17.9. The molecule has 2 aromatic carbocycles. The summed E-state index contributed by atoms with van der Waals surface area (Å²) in [5.41, 5.74) is 2.53. The molecule has 2 heterocycles. The Bertz CT molecular complexity index is 1040. The number of carbonyl (C=O) groups excluding carboxylic acids is 2. The van der Waals surface area contributed by atoms with E-state index in [0.29, 0.717) is 36.3 Å². The first-order valence-corrected chi connectivity index (χ1v) is 11.8. The van der Waals surface area contributed by atoms with E-state index < -0.39 is 10.0 Å². The third-order valence-electron chi connectivity index (χ3n) is 5.54. The Labute approximate surface area is 176 Å². The molecule has 0 spiro atoms. The van der Waals surface area contributed by atoms with Crippen molar-refractivity contribution in [3.63, 3.8) is 0 Å². The summed E-state index contributed by atoms with van der Waals surface area (Å²) < 4.78 is 25.4. The molecule has 0 saturated carbocycles. The van der Waals surface area contributed by atoms with E-state index in [4.69, 9.17) is 0 Å². The number of nitrogens with zero attached hydrogens (tertiary/aromatic N) is 2. The van der Waals surface area contributed by atoms with Gasteiger partial charge in [0.05, 0.1) is 11.4 Å². The smallest absolute Gasteiger partial charge is 0.253 e. The minimum absolute atomic E-state index is 0.0353. The van der Waals surface area contributed by atoms with Gasteiger partial charge >= 0.3 is 0 Å². The molecule has 8 heteroatoms. The van der Waals surface area contributed by atoms with Crippen LogP contribution in [-0.2, 0) is 16.6 Å². The van der Waals surface area contributed by atoms with Crippen molar-refractivity contribution in [2.24, 2.45) is 0 Å². The summed E-state index contributed by atoms with van der Waals surface area (Å²) in [5, 5.41) is 2.86. The molecule has 0 atom stereocenters. The average molecular weight is 428 g/mol. The molecule has 2 aliphatic rings. The number of likely N-dealkylation sites (tertiary alicyclic amines) is 1. The van der Waals surface area contributed by atoms with Crippen LogP contribution in [0.25, 0.3) is 0 Å². The first-order valence-electron chi connectivity index (χ1n) is 10.2. The molecule has 7 nitrogen and oxygen atoms in total. The van der Waals surface area contributed by atoms with E-state index in [1.54, 1.807) is 30.3 Å². The molecular formula is C22H25N3O4S. The maximum Gasteiger partial charge on any atom is 0.253 e. The molecule has 2 aliphatic heterocycles. The number of carbonyl (C=O) groups is 2. The average Bonchev–Trinajstić information content (AvgIpc) is 3.41. The third kappa shape index (κ3) is 4.33. The Hall–Kier alpha value is -2.87. The molecule has 0 aliphatic carbocycles. The van der Waals surface area contributed by atoms with Gasteiger partial charge in [-0.25, -0.2) is 8.42 Å². The van der Waals surface area contributed by atoms with Crippen LogP contribution in [0.5, 0.6) is 0 Å². The van der Waals surface area contributed by atoms with Crippen LogP contribution < -0.4 is 9.62 Å². The van der Waals surface area contributed by atoms with E-state index in [1.807, 2.05) is 23.1 Å². The van der Waals surface area contributed by atoms with E-state index >= 15 is 0 Å². The monoisotopic (exact) mass is 427 g/mol. The highest BCUT2D eigenvalue weighted by atomic mass is 32.2. The van der Waals surface area contributed by atoms with Gasteiger partial charge in [-0.05, 0) is 61.2 Å². The van der Waals surface area contributed by atoms with Crippen molar-refractivity contribution < 1.29 is 18.0 Å². The lowest BCUT2D eigenvalue weighted by atomic mass is 10.1.